The minimum absolute atomic E-state index is 0.131. The van der Waals surface area contributed by atoms with E-state index in [-0.39, 0.29) is 12.5 Å². The van der Waals surface area contributed by atoms with Crippen LogP contribution in [0.4, 0.5) is 0 Å². The summed E-state index contributed by atoms with van der Waals surface area (Å²) in [6.07, 6.45) is -0.0573. The molecule has 0 bridgehead atoms. The van der Waals surface area contributed by atoms with Crippen molar-refractivity contribution in [3.05, 3.63) is 64.5 Å². The van der Waals surface area contributed by atoms with Crippen LogP contribution in [0.3, 0.4) is 0 Å². The molecule has 0 aliphatic rings. The number of hydrogen-bond donors (Lipinski definition) is 1. The Hall–Kier alpha value is -2.86. The summed E-state index contributed by atoms with van der Waals surface area (Å²) in [7, 11) is 0. The first-order valence-electron chi connectivity index (χ1n) is 9.06. The Balaban J connectivity index is 1.61. The molecule has 1 N–H and O–H groups in total. The van der Waals surface area contributed by atoms with E-state index in [1.807, 2.05) is 39.0 Å². The topological polar surface area (TPSA) is 77.2 Å². The number of nitrogens with zero attached hydrogens (tertiary/aromatic N) is 2. The molecular weight excluding hydrogens is 378 g/mol. The highest BCUT2D eigenvalue weighted by atomic mass is 35.5. The van der Waals surface area contributed by atoms with Crippen LogP contribution < -0.4 is 10.1 Å². The predicted octanol–water partition coefficient (Wildman–Crippen LogP) is 4.48. The minimum atomic E-state index is -0.598. The summed E-state index contributed by atoms with van der Waals surface area (Å²) >= 11 is 5.89. The minimum Gasteiger partial charge on any atom is -0.480 e. The standard InChI is InChI=1S/C21H22ClN3O3/c1-4-17(27-18-11-13(2)5-6-14(18)3)21(26)23-12-19-24-20(25-28-19)15-7-9-16(22)10-8-15/h5-11,17H,4,12H2,1-3H3,(H,23,26)/t17-/m1/s1. The average molecular weight is 400 g/mol. The summed E-state index contributed by atoms with van der Waals surface area (Å²) in [6, 6.07) is 13.0. The number of carbonyl (C=O) groups excluding carboxylic acids is 1. The van der Waals surface area contributed by atoms with Crippen molar-refractivity contribution in [2.24, 2.45) is 0 Å². The van der Waals surface area contributed by atoms with Gasteiger partial charge in [-0.25, -0.2) is 0 Å². The van der Waals surface area contributed by atoms with Crippen LogP contribution in [0.5, 0.6) is 5.75 Å². The highest BCUT2D eigenvalue weighted by molar-refractivity contribution is 6.30. The second kappa shape index (κ2) is 8.89. The summed E-state index contributed by atoms with van der Waals surface area (Å²) in [4.78, 5) is 16.8. The lowest BCUT2D eigenvalue weighted by atomic mass is 10.1. The van der Waals surface area contributed by atoms with Gasteiger partial charge in [-0.1, -0.05) is 35.8 Å². The predicted molar refractivity (Wildman–Crippen MR) is 107 cm³/mol. The zero-order valence-electron chi connectivity index (χ0n) is 16.0. The average Bonchev–Trinajstić information content (AvgIpc) is 3.16. The molecule has 0 spiro atoms. The Bertz CT molecular complexity index is 954. The molecule has 0 unspecified atom stereocenters. The molecule has 0 aliphatic carbocycles. The van der Waals surface area contributed by atoms with Crippen LogP contribution in [0, 0.1) is 13.8 Å². The van der Waals surface area contributed by atoms with Crippen LogP contribution in [0.2, 0.25) is 5.02 Å². The molecule has 28 heavy (non-hydrogen) atoms. The summed E-state index contributed by atoms with van der Waals surface area (Å²) in [6.45, 7) is 5.98. The van der Waals surface area contributed by atoms with E-state index in [2.05, 4.69) is 15.5 Å². The third kappa shape index (κ3) is 4.89. The Morgan fingerprint density at radius 2 is 1.96 bits per heavy atom. The van der Waals surface area contributed by atoms with E-state index in [0.29, 0.717) is 28.9 Å². The van der Waals surface area contributed by atoms with Crippen molar-refractivity contribution in [1.29, 1.82) is 0 Å². The van der Waals surface area contributed by atoms with Crippen molar-refractivity contribution < 1.29 is 14.1 Å². The molecule has 1 heterocycles. The van der Waals surface area contributed by atoms with E-state index in [1.165, 1.54) is 0 Å². The molecule has 3 aromatic rings. The van der Waals surface area contributed by atoms with Gasteiger partial charge in [0.25, 0.3) is 5.91 Å². The molecule has 0 fully saturated rings. The molecule has 0 aliphatic heterocycles. The molecule has 1 aromatic heterocycles. The van der Waals surface area contributed by atoms with Crippen molar-refractivity contribution in [1.82, 2.24) is 15.5 Å². The molecule has 1 atom stereocenters. The summed E-state index contributed by atoms with van der Waals surface area (Å²) in [5.41, 5.74) is 2.85. The molecular formula is C21H22ClN3O3. The van der Waals surface area contributed by atoms with Crippen molar-refractivity contribution in [3.8, 4) is 17.1 Å². The number of halogens is 1. The van der Waals surface area contributed by atoms with Gasteiger partial charge in [0.05, 0.1) is 6.54 Å². The van der Waals surface area contributed by atoms with Crippen molar-refractivity contribution in [3.63, 3.8) is 0 Å². The number of nitrogens with one attached hydrogen (secondary N) is 1. The van der Waals surface area contributed by atoms with Crippen LogP contribution in [0.25, 0.3) is 11.4 Å². The zero-order chi connectivity index (χ0) is 20.1. The number of ether oxygens (including phenoxy) is 1. The van der Waals surface area contributed by atoms with Gasteiger partial charge < -0.3 is 14.6 Å². The Kier molecular flexibility index (Phi) is 6.31. The molecule has 3 rings (SSSR count). The van der Waals surface area contributed by atoms with Gasteiger partial charge >= 0.3 is 0 Å². The van der Waals surface area contributed by atoms with E-state index in [4.69, 9.17) is 20.9 Å². The smallest absolute Gasteiger partial charge is 0.261 e. The molecule has 1 amide bonds. The van der Waals surface area contributed by atoms with Crippen LogP contribution >= 0.6 is 11.6 Å². The number of hydrogen-bond acceptors (Lipinski definition) is 5. The monoisotopic (exact) mass is 399 g/mol. The lowest BCUT2D eigenvalue weighted by Gasteiger charge is -2.18. The molecule has 0 saturated heterocycles. The Labute approximate surface area is 168 Å². The highest BCUT2D eigenvalue weighted by Crippen LogP contribution is 2.22. The lowest BCUT2D eigenvalue weighted by Crippen LogP contribution is -2.37. The molecule has 0 radical (unpaired) electrons. The number of amides is 1. The molecule has 146 valence electrons. The van der Waals surface area contributed by atoms with E-state index >= 15 is 0 Å². The third-order valence-corrected chi connectivity index (χ3v) is 4.51. The van der Waals surface area contributed by atoms with Crippen LogP contribution in [0.1, 0.15) is 30.4 Å². The van der Waals surface area contributed by atoms with Gasteiger partial charge in [0.15, 0.2) is 6.10 Å². The second-order valence-electron chi connectivity index (χ2n) is 6.52. The van der Waals surface area contributed by atoms with Crippen molar-refractivity contribution in [2.45, 2.75) is 39.8 Å². The largest absolute Gasteiger partial charge is 0.480 e. The van der Waals surface area contributed by atoms with Gasteiger partial charge in [-0.2, -0.15) is 4.98 Å². The van der Waals surface area contributed by atoms with E-state index in [0.717, 1.165) is 16.7 Å². The summed E-state index contributed by atoms with van der Waals surface area (Å²) < 4.78 is 11.1. The fraction of sp³-hybridized carbons (Fsp3) is 0.286. The second-order valence-corrected chi connectivity index (χ2v) is 6.96. The first-order valence-corrected chi connectivity index (χ1v) is 9.44. The van der Waals surface area contributed by atoms with Crippen molar-refractivity contribution >= 4 is 17.5 Å². The van der Waals surface area contributed by atoms with Crippen LogP contribution in [-0.2, 0) is 11.3 Å². The fourth-order valence-electron chi connectivity index (χ4n) is 2.63. The van der Waals surface area contributed by atoms with Crippen LogP contribution in [-0.4, -0.2) is 22.2 Å². The highest BCUT2D eigenvalue weighted by Gasteiger charge is 2.20. The van der Waals surface area contributed by atoms with Gasteiger partial charge in [-0.3, -0.25) is 4.79 Å². The van der Waals surface area contributed by atoms with Gasteiger partial charge in [-0.05, 0) is 61.7 Å². The summed E-state index contributed by atoms with van der Waals surface area (Å²) in [5, 5.41) is 7.37. The zero-order valence-corrected chi connectivity index (χ0v) is 16.8. The number of aromatic nitrogens is 2. The number of aryl methyl sites for hydroxylation is 2. The van der Waals surface area contributed by atoms with E-state index < -0.39 is 6.10 Å². The van der Waals surface area contributed by atoms with Crippen LogP contribution in [0.15, 0.2) is 47.0 Å². The number of benzene rings is 2. The summed E-state index contributed by atoms with van der Waals surface area (Å²) in [5.74, 6) is 1.25. The van der Waals surface area contributed by atoms with Gasteiger partial charge in [0.1, 0.15) is 5.75 Å². The first-order chi connectivity index (χ1) is 13.5. The quantitative estimate of drug-likeness (QED) is 0.633. The van der Waals surface area contributed by atoms with Gasteiger partial charge in [0.2, 0.25) is 11.7 Å². The van der Waals surface area contributed by atoms with E-state index in [1.54, 1.807) is 24.3 Å². The van der Waals surface area contributed by atoms with Gasteiger partial charge in [-0.15, -0.1) is 0 Å². The maximum absolute atomic E-state index is 12.5. The number of carbonyl (C=O) groups is 1. The fourth-order valence-corrected chi connectivity index (χ4v) is 2.76. The maximum atomic E-state index is 12.5. The third-order valence-electron chi connectivity index (χ3n) is 4.26. The maximum Gasteiger partial charge on any atom is 0.261 e. The number of rotatable bonds is 7. The molecule has 0 saturated carbocycles. The molecule has 2 aromatic carbocycles. The Morgan fingerprint density at radius 3 is 2.68 bits per heavy atom. The normalized spacial score (nSPS) is 11.9. The SMILES string of the molecule is CC[C@@H](Oc1cc(C)ccc1C)C(=O)NCc1nc(-c2ccc(Cl)cc2)no1. The lowest BCUT2D eigenvalue weighted by molar-refractivity contribution is -0.128. The molecule has 6 nitrogen and oxygen atoms in total. The van der Waals surface area contributed by atoms with Gasteiger partial charge in [0, 0.05) is 10.6 Å². The first kappa shape index (κ1) is 19.9. The van der Waals surface area contributed by atoms with E-state index in [9.17, 15) is 4.79 Å². The van der Waals surface area contributed by atoms with Crippen molar-refractivity contribution in [2.75, 3.05) is 0 Å². The Morgan fingerprint density at radius 1 is 1.21 bits per heavy atom. The molecule has 7 heteroatoms.